The molecule has 1 saturated heterocycles. The van der Waals surface area contributed by atoms with Gasteiger partial charge < -0.3 is 10.4 Å². The average Bonchev–Trinajstić information content (AvgIpc) is 2.39. The maximum Gasteiger partial charge on any atom is 0.279 e. The third-order valence-electron chi connectivity index (χ3n) is 3.78. The Bertz CT molecular complexity index is 360. The van der Waals surface area contributed by atoms with Crippen LogP contribution in [0.25, 0.3) is 0 Å². The molecule has 0 radical (unpaired) electrons. The largest absolute Gasteiger partial charge is 0.389 e. The van der Waals surface area contributed by atoms with Gasteiger partial charge >= 0.3 is 0 Å². The predicted octanol–water partition coefficient (Wildman–Crippen LogP) is -0.579. The molecule has 2 aliphatic rings. The van der Waals surface area contributed by atoms with E-state index in [0.29, 0.717) is 39.0 Å². The lowest BCUT2D eigenvalue weighted by atomic mass is 9.85. The molecule has 1 aliphatic carbocycles. The Kier molecular flexibility index (Phi) is 4.60. The van der Waals surface area contributed by atoms with Crippen LogP contribution < -0.4 is 10.0 Å². The van der Waals surface area contributed by atoms with Gasteiger partial charge in [0.05, 0.1) is 5.60 Å². The molecular formula is C11H23N3O3S. The molecule has 0 aromatic rings. The van der Waals surface area contributed by atoms with Crippen LogP contribution in [0, 0.1) is 0 Å². The quantitative estimate of drug-likeness (QED) is 0.642. The molecule has 7 heteroatoms. The minimum absolute atomic E-state index is 0.138. The molecule has 1 aliphatic heterocycles. The Morgan fingerprint density at radius 2 is 1.78 bits per heavy atom. The minimum Gasteiger partial charge on any atom is -0.389 e. The third kappa shape index (κ3) is 3.64. The first-order chi connectivity index (χ1) is 8.52. The van der Waals surface area contributed by atoms with Gasteiger partial charge in [-0.15, -0.1) is 0 Å². The highest BCUT2D eigenvalue weighted by molar-refractivity contribution is 7.87. The zero-order chi connectivity index (χ0) is 13.1. The summed E-state index contributed by atoms with van der Waals surface area (Å²) in [5.41, 5.74) is -0.848. The van der Waals surface area contributed by atoms with E-state index in [1.165, 1.54) is 4.31 Å². The molecule has 0 atom stereocenters. The Hall–Kier alpha value is -0.210. The second-order valence-corrected chi connectivity index (χ2v) is 7.02. The van der Waals surface area contributed by atoms with Crippen LogP contribution in [0.5, 0.6) is 0 Å². The summed E-state index contributed by atoms with van der Waals surface area (Å²) in [7, 11) is -3.44. The molecule has 0 spiro atoms. The molecule has 2 rings (SSSR count). The maximum absolute atomic E-state index is 12.0. The van der Waals surface area contributed by atoms with Crippen LogP contribution in [0.3, 0.4) is 0 Å². The maximum atomic E-state index is 12.0. The van der Waals surface area contributed by atoms with E-state index < -0.39 is 15.8 Å². The van der Waals surface area contributed by atoms with Gasteiger partial charge in [0.2, 0.25) is 0 Å². The van der Waals surface area contributed by atoms with Crippen LogP contribution in [-0.2, 0) is 10.2 Å². The molecule has 3 N–H and O–H groups in total. The van der Waals surface area contributed by atoms with Crippen molar-refractivity contribution in [3.05, 3.63) is 0 Å². The van der Waals surface area contributed by atoms with Crippen LogP contribution in [0.1, 0.15) is 32.1 Å². The van der Waals surface area contributed by atoms with Gasteiger partial charge in [0.15, 0.2) is 0 Å². The van der Waals surface area contributed by atoms with Gasteiger partial charge in [-0.1, -0.05) is 19.3 Å². The highest BCUT2D eigenvalue weighted by Crippen LogP contribution is 2.27. The molecule has 0 bridgehead atoms. The van der Waals surface area contributed by atoms with E-state index in [2.05, 4.69) is 10.0 Å². The van der Waals surface area contributed by atoms with Crippen molar-refractivity contribution in [1.29, 1.82) is 0 Å². The van der Waals surface area contributed by atoms with Gasteiger partial charge in [-0.2, -0.15) is 17.4 Å². The van der Waals surface area contributed by atoms with Crippen LogP contribution in [0.4, 0.5) is 0 Å². The summed E-state index contributed by atoms with van der Waals surface area (Å²) >= 11 is 0. The van der Waals surface area contributed by atoms with Crippen molar-refractivity contribution in [2.24, 2.45) is 0 Å². The van der Waals surface area contributed by atoms with E-state index in [4.69, 9.17) is 0 Å². The van der Waals surface area contributed by atoms with E-state index in [1.807, 2.05) is 0 Å². The Morgan fingerprint density at radius 1 is 1.17 bits per heavy atom. The molecule has 1 saturated carbocycles. The lowest BCUT2D eigenvalue weighted by Crippen LogP contribution is -2.53. The number of hydrogen-bond donors (Lipinski definition) is 3. The zero-order valence-electron chi connectivity index (χ0n) is 10.7. The third-order valence-corrected chi connectivity index (χ3v) is 5.34. The first kappa shape index (κ1) is 14.2. The fraction of sp³-hybridized carbons (Fsp3) is 1.00. The summed E-state index contributed by atoms with van der Waals surface area (Å²) in [5.74, 6) is 0. The smallest absolute Gasteiger partial charge is 0.279 e. The van der Waals surface area contributed by atoms with Crippen molar-refractivity contribution >= 4 is 10.2 Å². The predicted molar refractivity (Wildman–Crippen MR) is 69.4 cm³/mol. The summed E-state index contributed by atoms with van der Waals surface area (Å²) in [4.78, 5) is 0. The lowest BCUT2D eigenvalue weighted by Gasteiger charge is -2.33. The van der Waals surface area contributed by atoms with E-state index in [1.54, 1.807) is 0 Å². The van der Waals surface area contributed by atoms with Gasteiger partial charge in [0.1, 0.15) is 0 Å². The molecular weight excluding hydrogens is 254 g/mol. The van der Waals surface area contributed by atoms with Crippen molar-refractivity contribution in [2.75, 3.05) is 32.7 Å². The monoisotopic (exact) mass is 277 g/mol. The van der Waals surface area contributed by atoms with Crippen LogP contribution in [0.15, 0.2) is 0 Å². The van der Waals surface area contributed by atoms with E-state index in [0.717, 1.165) is 19.3 Å². The molecule has 106 valence electrons. The highest BCUT2D eigenvalue weighted by atomic mass is 32.2. The van der Waals surface area contributed by atoms with Crippen molar-refractivity contribution < 1.29 is 13.5 Å². The highest BCUT2D eigenvalue weighted by Gasteiger charge is 2.32. The molecule has 2 fully saturated rings. The van der Waals surface area contributed by atoms with E-state index in [-0.39, 0.29) is 6.54 Å². The summed E-state index contributed by atoms with van der Waals surface area (Å²) in [5, 5.41) is 13.4. The number of nitrogens with one attached hydrogen (secondary N) is 2. The zero-order valence-corrected chi connectivity index (χ0v) is 11.5. The molecule has 1 heterocycles. The standard InChI is InChI=1S/C11H23N3O3S/c15-11(4-2-1-3-5-11)10-13-18(16,17)14-8-6-12-7-9-14/h12-13,15H,1-10H2. The lowest BCUT2D eigenvalue weighted by molar-refractivity contribution is 0.00912. The molecule has 0 aromatic heterocycles. The first-order valence-electron chi connectivity index (χ1n) is 6.70. The minimum atomic E-state index is -3.44. The van der Waals surface area contributed by atoms with Crippen molar-refractivity contribution in [2.45, 2.75) is 37.7 Å². The van der Waals surface area contributed by atoms with Crippen LogP contribution >= 0.6 is 0 Å². The number of piperazine rings is 1. The fourth-order valence-electron chi connectivity index (χ4n) is 2.59. The number of nitrogens with zero attached hydrogens (tertiary/aromatic N) is 1. The van der Waals surface area contributed by atoms with Crippen LogP contribution in [-0.4, -0.2) is 56.2 Å². The Balaban J connectivity index is 1.87. The van der Waals surface area contributed by atoms with Crippen molar-refractivity contribution in [1.82, 2.24) is 14.3 Å². The van der Waals surface area contributed by atoms with Gasteiger partial charge in [0.25, 0.3) is 10.2 Å². The summed E-state index contributed by atoms with van der Waals surface area (Å²) < 4.78 is 28.1. The van der Waals surface area contributed by atoms with Gasteiger partial charge in [-0.25, -0.2) is 0 Å². The van der Waals surface area contributed by atoms with E-state index in [9.17, 15) is 13.5 Å². The normalized spacial score (nSPS) is 26.1. The first-order valence-corrected chi connectivity index (χ1v) is 8.14. The summed E-state index contributed by atoms with van der Waals surface area (Å²) in [6, 6.07) is 0. The molecule has 0 aromatic carbocycles. The van der Waals surface area contributed by atoms with Crippen molar-refractivity contribution in [3.8, 4) is 0 Å². The fourth-order valence-corrected chi connectivity index (χ4v) is 3.89. The molecule has 0 amide bonds. The Morgan fingerprint density at radius 3 is 2.39 bits per heavy atom. The number of rotatable bonds is 4. The molecule has 18 heavy (non-hydrogen) atoms. The van der Waals surface area contributed by atoms with E-state index >= 15 is 0 Å². The van der Waals surface area contributed by atoms with Gasteiger partial charge in [0, 0.05) is 32.7 Å². The number of hydrogen-bond acceptors (Lipinski definition) is 4. The SMILES string of the molecule is O=S(=O)(NCC1(O)CCCCC1)N1CCNCC1. The second-order valence-electron chi connectivity index (χ2n) is 5.26. The summed E-state index contributed by atoms with van der Waals surface area (Å²) in [6.45, 7) is 2.50. The topological polar surface area (TPSA) is 81.7 Å². The number of aliphatic hydroxyl groups is 1. The summed E-state index contributed by atoms with van der Waals surface area (Å²) in [6.07, 6.45) is 4.47. The van der Waals surface area contributed by atoms with Crippen LogP contribution in [0.2, 0.25) is 0 Å². The second kappa shape index (κ2) is 5.83. The Labute approximate surface area is 109 Å². The van der Waals surface area contributed by atoms with Gasteiger partial charge in [-0.3, -0.25) is 0 Å². The van der Waals surface area contributed by atoms with Crippen molar-refractivity contribution in [3.63, 3.8) is 0 Å². The van der Waals surface area contributed by atoms with Gasteiger partial charge in [-0.05, 0) is 12.8 Å². The molecule has 0 unspecified atom stereocenters. The molecule has 6 nitrogen and oxygen atoms in total. The average molecular weight is 277 g/mol.